The summed E-state index contributed by atoms with van der Waals surface area (Å²) in [4.78, 5) is 27.1. The first-order valence-electron chi connectivity index (χ1n) is 9.75. The lowest BCUT2D eigenvalue weighted by Gasteiger charge is -2.23. The number of aliphatic hydroxyl groups is 1. The van der Waals surface area contributed by atoms with Crippen molar-refractivity contribution in [1.29, 1.82) is 0 Å². The van der Waals surface area contributed by atoms with Crippen molar-refractivity contribution < 1.29 is 33.3 Å². The molecule has 0 spiro atoms. The highest BCUT2D eigenvalue weighted by Crippen LogP contribution is 2.41. The summed E-state index contributed by atoms with van der Waals surface area (Å²) in [6.07, 6.45) is 0.545. The Labute approximate surface area is 173 Å². The summed E-state index contributed by atoms with van der Waals surface area (Å²) in [7, 11) is 1.57. The van der Waals surface area contributed by atoms with E-state index in [-0.39, 0.29) is 11.3 Å². The van der Waals surface area contributed by atoms with Crippen molar-refractivity contribution >= 4 is 17.4 Å². The second kappa shape index (κ2) is 8.23. The lowest BCUT2D eigenvalue weighted by atomic mass is 9.99. The monoisotopic (exact) mass is 413 g/mol. The number of nitrogens with zero attached hydrogens (tertiary/aromatic N) is 1. The maximum absolute atomic E-state index is 12.9. The van der Waals surface area contributed by atoms with E-state index >= 15 is 0 Å². The van der Waals surface area contributed by atoms with E-state index in [1.165, 1.54) is 4.90 Å². The molecule has 0 aliphatic carbocycles. The Morgan fingerprint density at radius 1 is 1.17 bits per heavy atom. The minimum Gasteiger partial charge on any atom is -0.507 e. The Hall–Kier alpha value is -3.26. The molecule has 1 atom stereocenters. The Morgan fingerprint density at radius 2 is 1.93 bits per heavy atom. The highest BCUT2D eigenvalue weighted by molar-refractivity contribution is 6.46. The van der Waals surface area contributed by atoms with Crippen molar-refractivity contribution in [3.63, 3.8) is 0 Å². The molecule has 1 N–H and O–H groups in total. The zero-order valence-corrected chi connectivity index (χ0v) is 16.8. The summed E-state index contributed by atoms with van der Waals surface area (Å²) >= 11 is 0. The van der Waals surface area contributed by atoms with Gasteiger partial charge in [0.1, 0.15) is 36.5 Å². The van der Waals surface area contributed by atoms with Crippen LogP contribution < -0.4 is 9.47 Å². The Kier molecular flexibility index (Phi) is 5.50. The van der Waals surface area contributed by atoms with Gasteiger partial charge in [-0.25, -0.2) is 0 Å². The Bertz CT molecular complexity index is 1010. The highest BCUT2D eigenvalue weighted by atomic mass is 16.6. The molecular formula is C22H23NO7. The Morgan fingerprint density at radius 3 is 2.63 bits per heavy atom. The topological polar surface area (TPSA) is 98.4 Å². The molecule has 0 radical (unpaired) electrons. The van der Waals surface area contributed by atoms with Gasteiger partial charge in [0.15, 0.2) is 11.5 Å². The molecule has 0 saturated carbocycles. The van der Waals surface area contributed by atoms with Gasteiger partial charge in [-0.15, -0.1) is 0 Å². The summed E-state index contributed by atoms with van der Waals surface area (Å²) in [5, 5.41) is 11.1. The lowest BCUT2D eigenvalue weighted by molar-refractivity contribution is -0.140. The number of hydrogen-bond acceptors (Lipinski definition) is 7. The summed E-state index contributed by atoms with van der Waals surface area (Å²) in [6, 6.07) is 7.56. The predicted octanol–water partition coefficient (Wildman–Crippen LogP) is 2.82. The second-order valence-corrected chi connectivity index (χ2v) is 7.15. The molecule has 2 aromatic rings. The number of fused-ring (bicyclic) bond motifs is 1. The number of ketones is 1. The van der Waals surface area contributed by atoms with Crippen LogP contribution >= 0.6 is 0 Å². The van der Waals surface area contributed by atoms with Gasteiger partial charge in [-0.1, -0.05) is 0 Å². The fourth-order valence-corrected chi connectivity index (χ4v) is 3.73. The molecule has 8 heteroatoms. The first-order valence-corrected chi connectivity index (χ1v) is 9.75. The van der Waals surface area contributed by atoms with Crippen LogP contribution in [0.15, 0.2) is 40.3 Å². The number of benzene rings is 1. The third-order valence-corrected chi connectivity index (χ3v) is 5.13. The van der Waals surface area contributed by atoms with Gasteiger partial charge in [-0.2, -0.15) is 0 Å². The van der Waals surface area contributed by atoms with Gasteiger partial charge < -0.3 is 28.6 Å². The molecule has 3 heterocycles. The summed E-state index contributed by atoms with van der Waals surface area (Å²) < 4.78 is 21.9. The van der Waals surface area contributed by atoms with Crippen molar-refractivity contribution in [2.75, 3.05) is 33.5 Å². The van der Waals surface area contributed by atoms with E-state index in [1.807, 2.05) is 0 Å². The molecule has 1 aromatic carbocycles. The standard InChI is InChI=1S/C22H23NO7/c1-13-4-6-16(30-13)19-18(21(25)22(26)23(19)8-3-9-27-2)20(24)14-5-7-15-17(12-14)29-11-10-28-15/h4-7,12,19,24H,3,8-11H2,1-2H3/b20-18-. The zero-order valence-electron chi connectivity index (χ0n) is 16.8. The van der Waals surface area contributed by atoms with E-state index in [0.29, 0.717) is 61.4 Å². The number of rotatable bonds is 6. The summed E-state index contributed by atoms with van der Waals surface area (Å²) in [6.45, 7) is 3.35. The molecule has 1 amide bonds. The molecule has 2 aliphatic rings. The molecule has 8 nitrogen and oxygen atoms in total. The van der Waals surface area contributed by atoms with E-state index in [2.05, 4.69) is 0 Å². The van der Waals surface area contributed by atoms with Crippen LogP contribution in [-0.2, 0) is 14.3 Å². The molecule has 1 unspecified atom stereocenters. The van der Waals surface area contributed by atoms with E-state index in [1.54, 1.807) is 44.4 Å². The molecule has 1 fully saturated rings. The number of carbonyl (C=O) groups excluding carboxylic acids is 2. The van der Waals surface area contributed by atoms with E-state index < -0.39 is 17.7 Å². The number of methoxy groups -OCH3 is 1. The van der Waals surface area contributed by atoms with Gasteiger partial charge in [-0.05, 0) is 43.7 Å². The third-order valence-electron chi connectivity index (χ3n) is 5.13. The minimum atomic E-state index is -0.816. The summed E-state index contributed by atoms with van der Waals surface area (Å²) in [5.41, 5.74) is 0.353. The smallest absolute Gasteiger partial charge is 0.295 e. The van der Waals surface area contributed by atoms with E-state index in [9.17, 15) is 14.7 Å². The molecule has 1 saturated heterocycles. The van der Waals surface area contributed by atoms with Crippen LogP contribution in [0.5, 0.6) is 11.5 Å². The minimum absolute atomic E-state index is 0.0107. The van der Waals surface area contributed by atoms with Gasteiger partial charge in [0, 0.05) is 25.8 Å². The fraction of sp³-hybridized carbons (Fsp3) is 0.364. The van der Waals surface area contributed by atoms with E-state index in [4.69, 9.17) is 18.6 Å². The number of furan rings is 1. The number of likely N-dealkylation sites (tertiary alicyclic amines) is 1. The molecule has 158 valence electrons. The van der Waals surface area contributed by atoms with Gasteiger partial charge in [0.25, 0.3) is 11.7 Å². The van der Waals surface area contributed by atoms with Crippen molar-refractivity contribution in [2.24, 2.45) is 0 Å². The second-order valence-electron chi connectivity index (χ2n) is 7.15. The molecule has 30 heavy (non-hydrogen) atoms. The first kappa shape index (κ1) is 20.0. The van der Waals surface area contributed by atoms with Crippen LogP contribution in [-0.4, -0.2) is 55.2 Å². The average Bonchev–Trinajstić information content (AvgIpc) is 3.29. The number of ether oxygens (including phenoxy) is 3. The predicted molar refractivity (Wildman–Crippen MR) is 106 cm³/mol. The number of amides is 1. The van der Waals surface area contributed by atoms with Crippen LogP contribution in [0.1, 0.15) is 29.5 Å². The van der Waals surface area contributed by atoms with Crippen LogP contribution in [0.3, 0.4) is 0 Å². The Balaban J connectivity index is 1.78. The van der Waals surface area contributed by atoms with Crippen LogP contribution in [0, 0.1) is 6.92 Å². The maximum atomic E-state index is 12.9. The maximum Gasteiger partial charge on any atom is 0.295 e. The fourth-order valence-electron chi connectivity index (χ4n) is 3.73. The largest absolute Gasteiger partial charge is 0.507 e. The highest BCUT2D eigenvalue weighted by Gasteiger charge is 2.47. The average molecular weight is 413 g/mol. The molecule has 0 bridgehead atoms. The zero-order chi connectivity index (χ0) is 21.3. The van der Waals surface area contributed by atoms with Crippen molar-refractivity contribution in [2.45, 2.75) is 19.4 Å². The van der Waals surface area contributed by atoms with Gasteiger partial charge in [0.2, 0.25) is 0 Å². The number of Topliss-reactive ketones (excluding diaryl/α,β-unsaturated/α-hetero) is 1. The first-order chi connectivity index (χ1) is 14.5. The molecular weight excluding hydrogens is 390 g/mol. The molecule has 2 aliphatic heterocycles. The SMILES string of the molecule is COCCCN1C(=O)C(=O)/C(=C(\O)c2ccc3c(c2)OCCO3)C1c1ccc(C)o1. The molecule has 1 aromatic heterocycles. The molecule has 4 rings (SSSR count). The van der Waals surface area contributed by atoms with Crippen LogP contribution in [0.25, 0.3) is 5.76 Å². The normalized spacial score (nSPS) is 20.1. The number of hydrogen-bond donors (Lipinski definition) is 1. The van der Waals surface area contributed by atoms with E-state index in [0.717, 1.165) is 0 Å². The quantitative estimate of drug-likeness (QED) is 0.336. The number of carbonyl (C=O) groups is 2. The van der Waals surface area contributed by atoms with Crippen molar-refractivity contribution in [3.8, 4) is 11.5 Å². The van der Waals surface area contributed by atoms with Crippen LogP contribution in [0.2, 0.25) is 0 Å². The third kappa shape index (κ3) is 3.54. The number of aryl methyl sites for hydroxylation is 1. The van der Waals surface area contributed by atoms with Gasteiger partial charge in [0.05, 0.1) is 5.57 Å². The summed E-state index contributed by atoms with van der Waals surface area (Å²) in [5.74, 6) is 0.401. The van der Waals surface area contributed by atoms with Crippen LogP contribution in [0.4, 0.5) is 0 Å². The lowest BCUT2D eigenvalue weighted by Crippen LogP contribution is -2.31. The van der Waals surface area contributed by atoms with Crippen molar-refractivity contribution in [1.82, 2.24) is 4.90 Å². The van der Waals surface area contributed by atoms with Crippen molar-refractivity contribution in [3.05, 3.63) is 53.0 Å². The van der Waals surface area contributed by atoms with Gasteiger partial charge in [-0.3, -0.25) is 9.59 Å². The van der Waals surface area contributed by atoms with Gasteiger partial charge >= 0.3 is 0 Å². The number of aliphatic hydroxyl groups excluding tert-OH is 1.